The highest BCUT2D eigenvalue weighted by molar-refractivity contribution is 7.13. The number of anilines is 1. The van der Waals surface area contributed by atoms with Crippen LogP contribution in [0.15, 0.2) is 27.1 Å². The fourth-order valence-electron chi connectivity index (χ4n) is 4.10. The maximum absolute atomic E-state index is 13.4. The fraction of sp³-hybridized carbons (Fsp3) is 0.450. The van der Waals surface area contributed by atoms with E-state index in [1.807, 2.05) is 4.90 Å². The number of rotatable bonds is 6. The van der Waals surface area contributed by atoms with Crippen LogP contribution in [-0.4, -0.2) is 61.1 Å². The third-order valence-electron chi connectivity index (χ3n) is 5.50. The van der Waals surface area contributed by atoms with Crippen LogP contribution >= 0.6 is 11.3 Å². The van der Waals surface area contributed by atoms with Crippen molar-refractivity contribution in [1.82, 2.24) is 15.3 Å². The van der Waals surface area contributed by atoms with Gasteiger partial charge in [0.1, 0.15) is 11.7 Å². The lowest BCUT2D eigenvalue weighted by Crippen LogP contribution is -2.67. The highest BCUT2D eigenvalue weighted by atomic mass is 32.1. The number of piperidine rings is 1. The van der Waals surface area contributed by atoms with Gasteiger partial charge in [-0.2, -0.15) is 4.98 Å². The maximum atomic E-state index is 13.4. The van der Waals surface area contributed by atoms with Gasteiger partial charge in [0, 0.05) is 55.1 Å². The molecule has 5 heterocycles. The molecule has 0 aliphatic carbocycles. The SMILES string of the molecule is COC/N=C(\C)c1cc(-c2nccs2)c2oc(N3CC4CC(C3)N4)nc2c1OC(F)(F)F. The lowest BCUT2D eigenvalue weighted by Gasteiger charge is -2.47. The normalized spacial score (nSPS) is 21.2. The first-order valence-electron chi connectivity index (χ1n) is 9.97. The van der Waals surface area contributed by atoms with Crippen molar-refractivity contribution in [3.05, 3.63) is 23.2 Å². The minimum atomic E-state index is -4.91. The predicted molar refractivity (Wildman–Crippen MR) is 113 cm³/mol. The second kappa shape index (κ2) is 8.01. The van der Waals surface area contributed by atoms with E-state index in [2.05, 4.69) is 25.0 Å². The average molecular weight is 467 g/mol. The Kier molecular flexibility index (Phi) is 5.30. The molecule has 32 heavy (non-hydrogen) atoms. The molecule has 2 bridgehead atoms. The number of nitrogens with zero attached hydrogens (tertiary/aromatic N) is 4. The second-order valence-corrected chi connectivity index (χ2v) is 8.62. The summed E-state index contributed by atoms with van der Waals surface area (Å²) in [4.78, 5) is 14.9. The number of aliphatic imine (C=N–C) groups is 1. The van der Waals surface area contributed by atoms with Crippen LogP contribution in [0.4, 0.5) is 19.2 Å². The number of hydrogen-bond donors (Lipinski definition) is 1. The smallest absolute Gasteiger partial charge is 0.422 e. The van der Waals surface area contributed by atoms with Gasteiger partial charge in [-0.15, -0.1) is 24.5 Å². The first-order valence-corrected chi connectivity index (χ1v) is 10.8. The number of fused-ring (bicyclic) bond motifs is 3. The van der Waals surface area contributed by atoms with Crippen molar-refractivity contribution in [2.45, 2.75) is 31.8 Å². The van der Waals surface area contributed by atoms with Gasteiger partial charge in [-0.1, -0.05) is 0 Å². The van der Waals surface area contributed by atoms with Gasteiger partial charge < -0.3 is 24.1 Å². The van der Waals surface area contributed by atoms with Gasteiger partial charge >= 0.3 is 6.36 Å². The summed E-state index contributed by atoms with van der Waals surface area (Å²) in [6.07, 6.45) is -2.22. The van der Waals surface area contributed by atoms with Crippen molar-refractivity contribution in [2.24, 2.45) is 4.99 Å². The van der Waals surface area contributed by atoms with E-state index in [4.69, 9.17) is 9.15 Å². The van der Waals surface area contributed by atoms with E-state index in [-0.39, 0.29) is 29.4 Å². The molecule has 1 N–H and O–H groups in total. The highest BCUT2D eigenvalue weighted by Gasteiger charge is 2.39. The van der Waals surface area contributed by atoms with Crippen LogP contribution in [0.1, 0.15) is 18.9 Å². The van der Waals surface area contributed by atoms with Gasteiger partial charge in [-0.05, 0) is 19.4 Å². The van der Waals surface area contributed by atoms with Crippen molar-refractivity contribution in [3.63, 3.8) is 0 Å². The molecule has 3 aliphatic heterocycles. The number of alkyl halides is 3. The van der Waals surface area contributed by atoms with E-state index in [9.17, 15) is 13.2 Å². The Morgan fingerprint density at radius 3 is 2.75 bits per heavy atom. The van der Waals surface area contributed by atoms with E-state index in [1.165, 1.54) is 18.4 Å². The third kappa shape index (κ3) is 3.93. The van der Waals surface area contributed by atoms with Gasteiger partial charge in [0.25, 0.3) is 6.01 Å². The minimum absolute atomic E-state index is 0.00443. The minimum Gasteiger partial charge on any atom is -0.422 e. The Hall–Kier alpha value is -2.70. The van der Waals surface area contributed by atoms with Crippen molar-refractivity contribution >= 4 is 34.2 Å². The van der Waals surface area contributed by atoms with Crippen molar-refractivity contribution in [1.29, 1.82) is 0 Å². The van der Waals surface area contributed by atoms with Crippen molar-refractivity contribution in [3.8, 4) is 16.3 Å². The quantitative estimate of drug-likeness (QED) is 0.552. The molecule has 2 aromatic heterocycles. The summed E-state index contributed by atoms with van der Waals surface area (Å²) in [6.45, 7) is 2.94. The average Bonchev–Trinajstić information content (AvgIpc) is 3.41. The predicted octanol–water partition coefficient (Wildman–Crippen LogP) is 3.81. The van der Waals surface area contributed by atoms with E-state index >= 15 is 0 Å². The number of halogens is 3. The summed E-state index contributed by atoms with van der Waals surface area (Å²) in [6, 6.07) is 2.48. The van der Waals surface area contributed by atoms with Crippen molar-refractivity contribution < 1.29 is 27.1 Å². The van der Waals surface area contributed by atoms with Crippen molar-refractivity contribution in [2.75, 3.05) is 31.8 Å². The molecule has 0 saturated carbocycles. The molecule has 6 rings (SSSR count). The van der Waals surface area contributed by atoms with E-state index in [1.54, 1.807) is 24.6 Å². The number of piperazine rings is 1. The molecule has 8 nitrogen and oxygen atoms in total. The third-order valence-corrected chi connectivity index (χ3v) is 6.31. The van der Waals surface area contributed by atoms with Gasteiger partial charge in [0.2, 0.25) is 0 Å². The van der Waals surface area contributed by atoms with Gasteiger partial charge in [0.05, 0.1) is 5.56 Å². The molecule has 2 atom stereocenters. The molecular formula is C20H20F3N5O3S. The summed E-state index contributed by atoms with van der Waals surface area (Å²) in [5.74, 6) is -0.444. The van der Waals surface area contributed by atoms with Gasteiger partial charge in [-0.3, -0.25) is 4.99 Å². The molecule has 3 saturated heterocycles. The topological polar surface area (TPSA) is 85.0 Å². The second-order valence-electron chi connectivity index (χ2n) is 7.72. The molecule has 0 amide bonds. The largest absolute Gasteiger partial charge is 0.573 e. The Morgan fingerprint density at radius 1 is 1.38 bits per heavy atom. The molecular weight excluding hydrogens is 447 g/mol. The molecule has 0 spiro atoms. The van der Waals surface area contributed by atoms with Crippen LogP contribution in [-0.2, 0) is 4.74 Å². The van der Waals surface area contributed by atoms with Gasteiger partial charge in [-0.25, -0.2) is 4.98 Å². The number of thiazole rings is 1. The van der Waals surface area contributed by atoms with Crippen LogP contribution in [0.5, 0.6) is 5.75 Å². The zero-order valence-corrected chi connectivity index (χ0v) is 18.1. The van der Waals surface area contributed by atoms with E-state index in [0.717, 1.165) is 6.42 Å². The summed E-state index contributed by atoms with van der Waals surface area (Å²) in [5.41, 5.74) is 1.19. The lowest BCUT2D eigenvalue weighted by molar-refractivity contribution is -0.274. The maximum Gasteiger partial charge on any atom is 0.573 e. The monoisotopic (exact) mass is 467 g/mol. The molecule has 3 aromatic rings. The van der Waals surface area contributed by atoms with Crippen LogP contribution < -0.4 is 15.0 Å². The molecule has 2 unspecified atom stereocenters. The number of ether oxygens (including phenoxy) is 2. The number of aromatic nitrogens is 2. The number of benzene rings is 1. The summed E-state index contributed by atoms with van der Waals surface area (Å²) < 4.78 is 55.6. The zero-order valence-electron chi connectivity index (χ0n) is 17.3. The van der Waals surface area contributed by atoms with E-state index < -0.39 is 12.1 Å². The Balaban J connectivity index is 1.71. The number of methoxy groups -OCH3 is 1. The summed E-state index contributed by atoms with van der Waals surface area (Å²) >= 11 is 1.35. The van der Waals surface area contributed by atoms with Gasteiger partial charge in [0.15, 0.2) is 16.8 Å². The van der Waals surface area contributed by atoms with Crippen LogP contribution in [0.3, 0.4) is 0 Å². The molecule has 3 fully saturated rings. The molecule has 12 heteroatoms. The first-order chi connectivity index (χ1) is 15.3. The summed E-state index contributed by atoms with van der Waals surface area (Å²) in [7, 11) is 1.45. The highest BCUT2D eigenvalue weighted by Crippen LogP contribution is 2.43. The zero-order chi connectivity index (χ0) is 22.5. The fourth-order valence-corrected chi connectivity index (χ4v) is 4.75. The first kappa shape index (κ1) is 21.2. The van der Waals surface area contributed by atoms with E-state index in [0.29, 0.717) is 41.5 Å². The van der Waals surface area contributed by atoms with Crippen LogP contribution in [0.25, 0.3) is 21.7 Å². The molecule has 3 aliphatic rings. The molecule has 170 valence electrons. The Bertz CT molecular complexity index is 1150. The number of hydrogen-bond acceptors (Lipinski definition) is 9. The Morgan fingerprint density at radius 2 is 2.12 bits per heavy atom. The Labute approximate surface area is 185 Å². The standard InChI is InChI=1S/C20H20F3N5O3S/c1-10(25-9-29-2)13-6-14(18-24-3-4-32-18)16-15(17(13)31-20(21,22)23)27-19(30-16)28-7-11-5-12(8-28)26-11/h3-4,6,11-12,26H,5,7-9H2,1-2H3/b25-10+. The lowest BCUT2D eigenvalue weighted by atomic mass is 9.92. The number of oxazole rings is 1. The summed E-state index contributed by atoms with van der Waals surface area (Å²) in [5, 5.41) is 5.80. The van der Waals surface area contributed by atoms with Crippen LogP contribution in [0.2, 0.25) is 0 Å². The molecule has 1 aromatic carbocycles. The van der Waals surface area contributed by atoms with Crippen LogP contribution in [0, 0.1) is 0 Å². The molecule has 0 radical (unpaired) electrons. The number of nitrogens with one attached hydrogen (secondary N) is 1.